The lowest BCUT2D eigenvalue weighted by molar-refractivity contribution is 0.449. The van der Waals surface area contributed by atoms with Crippen molar-refractivity contribution in [3.05, 3.63) is 35.3 Å². The van der Waals surface area contributed by atoms with Gasteiger partial charge in [-0.1, -0.05) is 0 Å². The standard InChI is InChI=1S/C11H16N4O/c1-8-4-13-11(16-8)6-12-5-10-7-15(3)14-9(10)2/h4,7,12H,5-6H2,1-3H3. The van der Waals surface area contributed by atoms with E-state index < -0.39 is 0 Å². The minimum absolute atomic E-state index is 0.641. The predicted octanol–water partition coefficient (Wildman–Crippen LogP) is 1.31. The maximum absolute atomic E-state index is 5.36. The second-order valence-corrected chi connectivity index (χ2v) is 3.88. The van der Waals surface area contributed by atoms with Crippen LogP contribution in [0.1, 0.15) is 22.9 Å². The summed E-state index contributed by atoms with van der Waals surface area (Å²) in [4.78, 5) is 4.12. The highest BCUT2D eigenvalue weighted by Gasteiger charge is 2.04. The highest BCUT2D eigenvalue weighted by molar-refractivity contribution is 5.14. The van der Waals surface area contributed by atoms with Crippen molar-refractivity contribution in [2.24, 2.45) is 7.05 Å². The van der Waals surface area contributed by atoms with E-state index in [0.29, 0.717) is 6.54 Å². The van der Waals surface area contributed by atoms with Crippen molar-refractivity contribution in [1.29, 1.82) is 0 Å². The van der Waals surface area contributed by atoms with Gasteiger partial charge in [0.25, 0.3) is 0 Å². The molecule has 0 saturated carbocycles. The monoisotopic (exact) mass is 220 g/mol. The molecule has 0 aliphatic heterocycles. The zero-order valence-electron chi connectivity index (χ0n) is 9.82. The van der Waals surface area contributed by atoms with Crippen molar-refractivity contribution >= 4 is 0 Å². The lowest BCUT2D eigenvalue weighted by Crippen LogP contribution is -2.13. The first-order chi connectivity index (χ1) is 7.65. The molecule has 5 nitrogen and oxygen atoms in total. The molecule has 16 heavy (non-hydrogen) atoms. The molecule has 2 rings (SSSR count). The summed E-state index contributed by atoms with van der Waals surface area (Å²) in [5.41, 5.74) is 2.25. The number of rotatable bonds is 4. The van der Waals surface area contributed by atoms with Crippen molar-refractivity contribution in [3.63, 3.8) is 0 Å². The fraction of sp³-hybridized carbons (Fsp3) is 0.455. The molecule has 0 aromatic carbocycles. The smallest absolute Gasteiger partial charge is 0.208 e. The number of aromatic nitrogens is 3. The highest BCUT2D eigenvalue weighted by Crippen LogP contribution is 2.05. The molecule has 0 amide bonds. The Hall–Kier alpha value is -1.62. The van der Waals surface area contributed by atoms with Gasteiger partial charge in [0, 0.05) is 25.4 Å². The minimum Gasteiger partial charge on any atom is -0.445 e. The summed E-state index contributed by atoms with van der Waals surface area (Å²) in [5, 5.41) is 7.55. The van der Waals surface area contributed by atoms with E-state index in [1.54, 1.807) is 6.20 Å². The Labute approximate surface area is 94.5 Å². The van der Waals surface area contributed by atoms with Gasteiger partial charge in [-0.25, -0.2) is 4.98 Å². The fourth-order valence-corrected chi connectivity index (χ4v) is 1.61. The third-order valence-corrected chi connectivity index (χ3v) is 2.38. The SMILES string of the molecule is Cc1cnc(CNCc2cn(C)nc2C)o1. The number of oxazole rings is 1. The van der Waals surface area contributed by atoms with Crippen LogP contribution in [0.25, 0.3) is 0 Å². The van der Waals surface area contributed by atoms with Gasteiger partial charge in [0.15, 0.2) is 0 Å². The molecule has 0 spiro atoms. The molecule has 0 fully saturated rings. The first kappa shape index (κ1) is 10.9. The molecule has 0 saturated heterocycles. The number of nitrogens with one attached hydrogen (secondary N) is 1. The topological polar surface area (TPSA) is 55.9 Å². The summed E-state index contributed by atoms with van der Waals surface area (Å²) < 4.78 is 7.18. The van der Waals surface area contributed by atoms with Crippen molar-refractivity contribution < 1.29 is 4.42 Å². The summed E-state index contributed by atoms with van der Waals surface area (Å²) in [6.07, 6.45) is 3.75. The molecule has 0 atom stereocenters. The van der Waals surface area contributed by atoms with Gasteiger partial charge in [0.1, 0.15) is 5.76 Å². The van der Waals surface area contributed by atoms with E-state index in [-0.39, 0.29) is 0 Å². The summed E-state index contributed by atoms with van der Waals surface area (Å²) >= 11 is 0. The van der Waals surface area contributed by atoms with Crippen LogP contribution in [0.4, 0.5) is 0 Å². The molecular formula is C11H16N4O. The molecule has 1 N–H and O–H groups in total. The summed E-state index contributed by atoms with van der Waals surface area (Å²) in [5.74, 6) is 1.56. The minimum atomic E-state index is 0.641. The van der Waals surface area contributed by atoms with Gasteiger partial charge in [-0.05, 0) is 13.8 Å². The van der Waals surface area contributed by atoms with Crippen LogP contribution in [0, 0.1) is 13.8 Å². The van der Waals surface area contributed by atoms with E-state index in [1.165, 1.54) is 5.56 Å². The van der Waals surface area contributed by atoms with Crippen LogP contribution in [-0.2, 0) is 20.1 Å². The molecule has 0 unspecified atom stereocenters. The van der Waals surface area contributed by atoms with Crippen LogP contribution in [0.3, 0.4) is 0 Å². The summed E-state index contributed by atoms with van der Waals surface area (Å²) in [6.45, 7) is 5.32. The van der Waals surface area contributed by atoms with E-state index in [1.807, 2.05) is 31.8 Å². The molecule has 0 aliphatic rings. The molecular weight excluding hydrogens is 204 g/mol. The van der Waals surface area contributed by atoms with Crippen molar-refractivity contribution in [2.75, 3.05) is 0 Å². The second kappa shape index (κ2) is 4.49. The number of hydrogen-bond donors (Lipinski definition) is 1. The lowest BCUT2D eigenvalue weighted by Gasteiger charge is -2.00. The first-order valence-electron chi connectivity index (χ1n) is 5.26. The third kappa shape index (κ3) is 2.49. The molecule has 0 bridgehead atoms. The van der Waals surface area contributed by atoms with E-state index in [0.717, 1.165) is 23.9 Å². The molecule has 2 heterocycles. The quantitative estimate of drug-likeness (QED) is 0.844. The van der Waals surface area contributed by atoms with Crippen LogP contribution < -0.4 is 5.32 Å². The van der Waals surface area contributed by atoms with Gasteiger partial charge in [-0.15, -0.1) is 0 Å². The summed E-state index contributed by atoms with van der Waals surface area (Å²) in [7, 11) is 1.92. The number of nitrogens with zero attached hydrogens (tertiary/aromatic N) is 3. The molecule has 86 valence electrons. The van der Waals surface area contributed by atoms with Gasteiger partial charge < -0.3 is 9.73 Å². The average Bonchev–Trinajstić information content (AvgIpc) is 2.74. The lowest BCUT2D eigenvalue weighted by atomic mass is 10.2. The van der Waals surface area contributed by atoms with E-state index in [9.17, 15) is 0 Å². The molecule has 0 aliphatic carbocycles. The Morgan fingerprint density at radius 2 is 2.19 bits per heavy atom. The van der Waals surface area contributed by atoms with Crippen molar-refractivity contribution in [1.82, 2.24) is 20.1 Å². The number of aryl methyl sites for hydroxylation is 3. The van der Waals surface area contributed by atoms with Crippen LogP contribution in [0.5, 0.6) is 0 Å². The zero-order chi connectivity index (χ0) is 11.5. The van der Waals surface area contributed by atoms with Crippen LogP contribution in [0.15, 0.2) is 16.8 Å². The Kier molecular flexibility index (Phi) is 3.05. The third-order valence-electron chi connectivity index (χ3n) is 2.38. The van der Waals surface area contributed by atoms with E-state index >= 15 is 0 Å². The zero-order valence-corrected chi connectivity index (χ0v) is 9.82. The van der Waals surface area contributed by atoms with Gasteiger partial charge in [0.05, 0.1) is 18.4 Å². The Morgan fingerprint density at radius 1 is 1.38 bits per heavy atom. The molecule has 2 aromatic rings. The van der Waals surface area contributed by atoms with Gasteiger partial charge in [-0.3, -0.25) is 4.68 Å². The van der Waals surface area contributed by atoms with Crippen LogP contribution >= 0.6 is 0 Å². The van der Waals surface area contributed by atoms with Gasteiger partial charge in [0.2, 0.25) is 5.89 Å². The predicted molar refractivity (Wildman–Crippen MR) is 59.7 cm³/mol. The molecule has 0 radical (unpaired) electrons. The van der Waals surface area contributed by atoms with E-state index in [2.05, 4.69) is 15.4 Å². The highest BCUT2D eigenvalue weighted by atomic mass is 16.4. The molecule has 2 aromatic heterocycles. The Bertz CT molecular complexity index is 472. The maximum Gasteiger partial charge on any atom is 0.208 e. The second-order valence-electron chi connectivity index (χ2n) is 3.88. The van der Waals surface area contributed by atoms with Crippen molar-refractivity contribution in [2.45, 2.75) is 26.9 Å². The average molecular weight is 220 g/mol. The normalized spacial score (nSPS) is 10.9. The van der Waals surface area contributed by atoms with Crippen LogP contribution in [-0.4, -0.2) is 14.8 Å². The van der Waals surface area contributed by atoms with Crippen molar-refractivity contribution in [3.8, 4) is 0 Å². The largest absolute Gasteiger partial charge is 0.445 e. The number of hydrogen-bond acceptors (Lipinski definition) is 4. The Balaban J connectivity index is 1.86. The summed E-state index contributed by atoms with van der Waals surface area (Å²) in [6, 6.07) is 0. The van der Waals surface area contributed by atoms with Gasteiger partial charge in [-0.2, -0.15) is 5.10 Å². The van der Waals surface area contributed by atoms with E-state index in [4.69, 9.17) is 4.42 Å². The van der Waals surface area contributed by atoms with Gasteiger partial charge >= 0.3 is 0 Å². The maximum atomic E-state index is 5.36. The first-order valence-corrected chi connectivity index (χ1v) is 5.26. The van der Waals surface area contributed by atoms with Crippen LogP contribution in [0.2, 0.25) is 0 Å². The molecule has 5 heteroatoms. The fourth-order valence-electron chi connectivity index (χ4n) is 1.61. The Morgan fingerprint density at radius 3 is 2.75 bits per heavy atom.